The number of amides is 1. The average Bonchev–Trinajstić information content (AvgIpc) is 3.48. The molecule has 30 heavy (non-hydrogen) atoms. The van der Waals surface area contributed by atoms with Gasteiger partial charge in [-0.05, 0) is 18.2 Å². The van der Waals surface area contributed by atoms with Gasteiger partial charge in [0.05, 0.1) is 23.1 Å². The molecule has 4 aromatic heterocycles. The zero-order valence-corrected chi connectivity index (χ0v) is 17.0. The maximum atomic E-state index is 12.1. The number of nitrogens with one attached hydrogen (secondary N) is 2. The van der Waals surface area contributed by atoms with Gasteiger partial charge in [-0.2, -0.15) is 10.2 Å². The molecule has 0 bridgehead atoms. The molecule has 5 aromatic rings. The Morgan fingerprint density at radius 1 is 1.27 bits per heavy atom. The van der Waals surface area contributed by atoms with Crippen LogP contribution in [0.15, 0.2) is 42.0 Å². The highest BCUT2D eigenvalue weighted by Gasteiger charge is 2.13. The minimum atomic E-state index is -0.271. The number of aromatic amines is 1. The number of hydrogen-bond acceptors (Lipinski definition) is 7. The van der Waals surface area contributed by atoms with Crippen molar-refractivity contribution in [3.63, 3.8) is 0 Å². The summed E-state index contributed by atoms with van der Waals surface area (Å²) >= 11 is 6.99. The van der Waals surface area contributed by atoms with Gasteiger partial charge in [0, 0.05) is 35.3 Å². The lowest BCUT2D eigenvalue weighted by molar-refractivity contribution is 0.0947. The normalized spacial score (nSPS) is 11.4. The van der Waals surface area contributed by atoms with Gasteiger partial charge in [-0.25, -0.2) is 9.97 Å². The second kappa shape index (κ2) is 7.39. The van der Waals surface area contributed by atoms with Crippen LogP contribution >= 0.6 is 22.9 Å². The van der Waals surface area contributed by atoms with Crippen LogP contribution in [-0.4, -0.2) is 42.4 Å². The van der Waals surface area contributed by atoms with Crippen LogP contribution in [0.3, 0.4) is 0 Å². The summed E-state index contributed by atoms with van der Waals surface area (Å²) in [7, 11) is 0. The lowest BCUT2D eigenvalue weighted by Gasteiger charge is -2.04. The number of pyridine rings is 1. The Balaban J connectivity index is 1.40. The maximum Gasteiger partial charge on any atom is 0.270 e. The predicted molar refractivity (Wildman–Crippen MR) is 116 cm³/mol. The molecule has 0 saturated carbocycles. The third-order valence-corrected chi connectivity index (χ3v) is 5.66. The number of halogens is 1. The quantitative estimate of drug-likeness (QED) is 0.387. The van der Waals surface area contributed by atoms with Crippen molar-refractivity contribution < 1.29 is 4.79 Å². The van der Waals surface area contributed by atoms with E-state index in [1.165, 1.54) is 11.3 Å². The SMILES string of the molecule is Nc1nc2cc(-c3ccn[nH]3)ccc2c2nn(CCNC(=O)c3csc(Cl)n3)cc12. The first-order valence-corrected chi connectivity index (χ1v) is 10.3. The first-order valence-electron chi connectivity index (χ1n) is 9.04. The molecule has 0 spiro atoms. The zero-order valence-electron chi connectivity index (χ0n) is 15.5. The number of rotatable bonds is 5. The summed E-state index contributed by atoms with van der Waals surface area (Å²) in [6.45, 7) is 0.864. The third-order valence-electron chi connectivity index (χ3n) is 4.68. The van der Waals surface area contributed by atoms with Crippen molar-refractivity contribution in [1.29, 1.82) is 0 Å². The van der Waals surface area contributed by atoms with Gasteiger partial charge in [0.25, 0.3) is 5.91 Å². The van der Waals surface area contributed by atoms with E-state index in [2.05, 4.69) is 30.6 Å². The van der Waals surface area contributed by atoms with Gasteiger partial charge in [-0.1, -0.05) is 17.7 Å². The number of nitrogens with zero attached hydrogens (tertiary/aromatic N) is 5. The Morgan fingerprint density at radius 2 is 2.17 bits per heavy atom. The Bertz CT molecular complexity index is 1370. The second-order valence-electron chi connectivity index (χ2n) is 6.60. The van der Waals surface area contributed by atoms with Crippen LogP contribution in [0.5, 0.6) is 0 Å². The molecule has 0 aliphatic rings. The molecular formula is C19H15ClN8OS. The van der Waals surface area contributed by atoms with Crippen LogP contribution in [0, 0.1) is 0 Å². The molecule has 9 nitrogen and oxygen atoms in total. The molecule has 150 valence electrons. The van der Waals surface area contributed by atoms with Gasteiger partial charge in [0.2, 0.25) is 0 Å². The number of hydrogen-bond donors (Lipinski definition) is 3. The monoisotopic (exact) mass is 438 g/mol. The van der Waals surface area contributed by atoms with Crippen LogP contribution in [0.25, 0.3) is 33.1 Å². The zero-order chi connectivity index (χ0) is 20.7. The summed E-state index contributed by atoms with van der Waals surface area (Å²) < 4.78 is 2.09. The highest BCUT2D eigenvalue weighted by molar-refractivity contribution is 7.14. The standard InChI is InChI=1S/C19H15ClN8OS/c20-19-25-15(9-30-19)18(29)22-5-6-28-8-12-16(27-28)11-2-1-10(13-3-4-23-26-13)7-14(11)24-17(12)21/h1-4,7-9H,5-6H2,(H2,21,24)(H,22,29)(H,23,26). The number of thiazole rings is 1. The lowest BCUT2D eigenvalue weighted by atomic mass is 10.1. The number of nitrogen functional groups attached to an aromatic ring is 1. The number of carbonyl (C=O) groups excluding carboxylic acids is 1. The largest absolute Gasteiger partial charge is 0.383 e. The summed E-state index contributed by atoms with van der Waals surface area (Å²) in [5.74, 6) is 0.138. The number of nitrogens with two attached hydrogens (primary N) is 1. The van der Waals surface area contributed by atoms with E-state index < -0.39 is 0 Å². The van der Waals surface area contributed by atoms with Gasteiger partial charge in [0.15, 0.2) is 4.47 Å². The fraction of sp³-hybridized carbons (Fsp3) is 0.105. The van der Waals surface area contributed by atoms with Crippen LogP contribution in [-0.2, 0) is 6.54 Å². The van der Waals surface area contributed by atoms with Crippen molar-refractivity contribution >= 4 is 56.5 Å². The van der Waals surface area contributed by atoms with E-state index in [1.807, 2.05) is 30.5 Å². The van der Waals surface area contributed by atoms with E-state index in [4.69, 9.17) is 17.3 Å². The minimum absolute atomic E-state index is 0.271. The van der Waals surface area contributed by atoms with E-state index in [9.17, 15) is 4.79 Å². The van der Waals surface area contributed by atoms with Crippen LogP contribution in [0.2, 0.25) is 4.47 Å². The topological polar surface area (TPSA) is 127 Å². The van der Waals surface area contributed by atoms with Crippen LogP contribution in [0.4, 0.5) is 5.82 Å². The number of anilines is 1. The van der Waals surface area contributed by atoms with Gasteiger partial charge in [-0.15, -0.1) is 11.3 Å². The van der Waals surface area contributed by atoms with Gasteiger partial charge in [-0.3, -0.25) is 14.6 Å². The van der Waals surface area contributed by atoms with Crippen molar-refractivity contribution in [1.82, 2.24) is 35.3 Å². The third kappa shape index (κ3) is 3.36. The molecule has 0 radical (unpaired) electrons. The molecule has 4 heterocycles. The Kier molecular flexibility index (Phi) is 4.57. The summed E-state index contributed by atoms with van der Waals surface area (Å²) in [5.41, 5.74) is 9.89. The van der Waals surface area contributed by atoms with Gasteiger partial charge >= 0.3 is 0 Å². The molecule has 0 aliphatic heterocycles. The number of benzene rings is 1. The fourth-order valence-corrected chi connectivity index (χ4v) is 4.00. The molecule has 0 fully saturated rings. The minimum Gasteiger partial charge on any atom is -0.383 e. The van der Waals surface area contributed by atoms with Gasteiger partial charge in [0.1, 0.15) is 17.0 Å². The van der Waals surface area contributed by atoms with E-state index in [1.54, 1.807) is 16.3 Å². The van der Waals surface area contributed by atoms with Crippen molar-refractivity contribution in [2.45, 2.75) is 6.54 Å². The Morgan fingerprint density at radius 3 is 2.93 bits per heavy atom. The fourth-order valence-electron chi connectivity index (χ4n) is 3.25. The second-order valence-corrected chi connectivity index (χ2v) is 8.04. The molecule has 1 aromatic carbocycles. The van der Waals surface area contributed by atoms with Crippen LogP contribution < -0.4 is 11.1 Å². The summed E-state index contributed by atoms with van der Waals surface area (Å²) in [6, 6.07) is 7.82. The molecule has 0 aliphatic carbocycles. The lowest BCUT2D eigenvalue weighted by Crippen LogP contribution is -2.27. The predicted octanol–water partition coefficient (Wildman–Crippen LogP) is 3.10. The van der Waals surface area contributed by atoms with Crippen molar-refractivity contribution in [2.24, 2.45) is 0 Å². The Labute approximate surface area is 178 Å². The maximum absolute atomic E-state index is 12.1. The number of H-pyrrole nitrogens is 1. The van der Waals surface area contributed by atoms with E-state index >= 15 is 0 Å². The van der Waals surface area contributed by atoms with Crippen molar-refractivity contribution in [3.05, 3.63) is 52.2 Å². The first kappa shape index (κ1) is 18.5. The smallest absolute Gasteiger partial charge is 0.270 e. The number of carbonyl (C=O) groups is 1. The molecule has 4 N–H and O–H groups in total. The van der Waals surface area contributed by atoms with Gasteiger partial charge < -0.3 is 11.1 Å². The number of aromatic nitrogens is 6. The summed E-state index contributed by atoms with van der Waals surface area (Å²) in [5, 5.41) is 17.7. The van der Waals surface area contributed by atoms with Crippen molar-refractivity contribution in [3.8, 4) is 11.3 Å². The van der Waals surface area contributed by atoms with Crippen LogP contribution in [0.1, 0.15) is 10.5 Å². The highest BCUT2D eigenvalue weighted by Crippen LogP contribution is 2.29. The molecule has 11 heteroatoms. The first-order chi connectivity index (χ1) is 14.6. The Hall–Kier alpha value is -3.50. The van der Waals surface area contributed by atoms with E-state index in [-0.39, 0.29) is 5.91 Å². The molecule has 0 saturated heterocycles. The summed E-state index contributed by atoms with van der Waals surface area (Å²) in [4.78, 5) is 20.6. The average molecular weight is 439 g/mol. The molecule has 0 atom stereocenters. The number of fused-ring (bicyclic) bond motifs is 3. The highest BCUT2D eigenvalue weighted by atomic mass is 35.5. The molecular weight excluding hydrogens is 424 g/mol. The molecule has 0 unspecified atom stereocenters. The molecule has 5 rings (SSSR count). The van der Waals surface area contributed by atoms with E-state index in [0.717, 1.165) is 33.1 Å². The van der Waals surface area contributed by atoms with E-state index in [0.29, 0.717) is 29.1 Å². The van der Waals surface area contributed by atoms with Crippen molar-refractivity contribution in [2.75, 3.05) is 12.3 Å². The summed E-state index contributed by atoms with van der Waals surface area (Å²) in [6.07, 6.45) is 3.54. The molecule has 1 amide bonds.